The van der Waals surface area contributed by atoms with Crippen LogP contribution in [0.2, 0.25) is 5.02 Å². The third-order valence-corrected chi connectivity index (χ3v) is 5.21. The number of hydrogen-bond acceptors (Lipinski definition) is 4. The molecule has 1 aromatic heterocycles. The van der Waals surface area contributed by atoms with Crippen LogP contribution in [0.3, 0.4) is 0 Å². The van der Waals surface area contributed by atoms with Gasteiger partial charge in [0.2, 0.25) is 5.91 Å². The molecule has 0 atom stereocenters. The second-order valence-electron chi connectivity index (χ2n) is 6.89. The molecule has 0 fully saturated rings. The van der Waals surface area contributed by atoms with Gasteiger partial charge >= 0.3 is 0 Å². The van der Waals surface area contributed by atoms with Gasteiger partial charge in [-0.3, -0.25) is 9.59 Å². The fourth-order valence-corrected chi connectivity index (χ4v) is 2.98. The van der Waals surface area contributed by atoms with Crippen LogP contribution in [-0.2, 0) is 11.3 Å². The number of nitrogens with one attached hydrogen (secondary N) is 2. The number of anilines is 2. The molecule has 0 radical (unpaired) electrons. The molecule has 0 aliphatic carbocycles. The molecular formula is C21H22ClN5O2. The summed E-state index contributed by atoms with van der Waals surface area (Å²) in [5.74, 6) is -0.660. The molecule has 0 aliphatic heterocycles. The van der Waals surface area contributed by atoms with Crippen LogP contribution in [0.15, 0.2) is 36.4 Å². The van der Waals surface area contributed by atoms with E-state index in [4.69, 9.17) is 11.6 Å². The van der Waals surface area contributed by atoms with E-state index in [1.807, 2.05) is 45.0 Å². The number of carbonyl (C=O) groups excluding carboxylic acids is 2. The van der Waals surface area contributed by atoms with Gasteiger partial charge in [0, 0.05) is 16.4 Å². The number of halogens is 1. The van der Waals surface area contributed by atoms with E-state index < -0.39 is 0 Å². The zero-order valence-corrected chi connectivity index (χ0v) is 17.5. The fraction of sp³-hybridized carbons (Fsp3) is 0.238. The minimum atomic E-state index is -0.367. The summed E-state index contributed by atoms with van der Waals surface area (Å²) in [5, 5.41) is 14.1. The first-order valence-electron chi connectivity index (χ1n) is 9.10. The number of amides is 2. The third kappa shape index (κ3) is 4.63. The molecule has 8 heteroatoms. The van der Waals surface area contributed by atoms with Gasteiger partial charge in [0.1, 0.15) is 6.54 Å². The molecule has 0 saturated heterocycles. The Morgan fingerprint density at radius 2 is 1.79 bits per heavy atom. The average Bonchev–Trinajstić information content (AvgIpc) is 3.02. The Kier molecular flexibility index (Phi) is 5.98. The number of aryl methyl sites for hydroxylation is 2. The maximum Gasteiger partial charge on any atom is 0.278 e. The van der Waals surface area contributed by atoms with Gasteiger partial charge in [0.05, 0.1) is 5.69 Å². The highest BCUT2D eigenvalue weighted by atomic mass is 35.5. The van der Waals surface area contributed by atoms with E-state index in [0.29, 0.717) is 16.4 Å². The number of aromatic nitrogens is 3. The zero-order valence-electron chi connectivity index (χ0n) is 16.7. The topological polar surface area (TPSA) is 88.9 Å². The minimum Gasteiger partial charge on any atom is -0.324 e. The molecular weight excluding hydrogens is 390 g/mol. The molecule has 1 heterocycles. The van der Waals surface area contributed by atoms with Crippen LogP contribution in [0.25, 0.3) is 0 Å². The van der Waals surface area contributed by atoms with Gasteiger partial charge in [-0.1, -0.05) is 35.0 Å². The smallest absolute Gasteiger partial charge is 0.278 e. The maximum atomic E-state index is 12.6. The van der Waals surface area contributed by atoms with Gasteiger partial charge in [-0.2, -0.15) is 0 Å². The SMILES string of the molecule is Cc1ccc(NC(=O)Cn2nnc(C(=O)Nc3cccc(C)c3C)c2C)cc1Cl. The van der Waals surface area contributed by atoms with Crippen molar-refractivity contribution in [2.75, 3.05) is 10.6 Å². The van der Waals surface area contributed by atoms with Crippen molar-refractivity contribution in [3.63, 3.8) is 0 Å². The van der Waals surface area contributed by atoms with Crippen molar-refractivity contribution in [1.82, 2.24) is 15.0 Å². The Hall–Kier alpha value is -3.19. The van der Waals surface area contributed by atoms with E-state index in [9.17, 15) is 9.59 Å². The van der Waals surface area contributed by atoms with Gasteiger partial charge in [-0.15, -0.1) is 5.10 Å². The number of benzene rings is 2. The van der Waals surface area contributed by atoms with E-state index in [-0.39, 0.29) is 24.1 Å². The number of rotatable bonds is 5. The molecule has 0 aliphatic rings. The standard InChI is InChI=1S/C21H22ClN5O2/c1-12-6-5-7-18(14(12)3)24-21(29)20-15(4)27(26-25-20)11-19(28)23-16-9-8-13(2)17(22)10-16/h5-10H,11H2,1-4H3,(H,23,28)(H,24,29). The zero-order chi connectivity index (χ0) is 21.1. The monoisotopic (exact) mass is 411 g/mol. The van der Waals surface area contributed by atoms with Crippen LogP contribution in [0, 0.1) is 27.7 Å². The average molecular weight is 412 g/mol. The molecule has 3 rings (SSSR count). The normalized spacial score (nSPS) is 10.7. The molecule has 3 aromatic rings. The van der Waals surface area contributed by atoms with Crippen molar-refractivity contribution in [3.05, 3.63) is 69.5 Å². The Morgan fingerprint density at radius 1 is 1.03 bits per heavy atom. The molecule has 0 unspecified atom stereocenters. The molecule has 0 bridgehead atoms. The van der Waals surface area contributed by atoms with Crippen molar-refractivity contribution in [2.45, 2.75) is 34.2 Å². The first kappa shape index (κ1) is 20.5. The van der Waals surface area contributed by atoms with Crippen LogP contribution < -0.4 is 10.6 Å². The van der Waals surface area contributed by atoms with E-state index in [1.54, 1.807) is 19.1 Å². The summed E-state index contributed by atoms with van der Waals surface area (Å²) < 4.78 is 1.39. The Labute approximate surface area is 174 Å². The first-order valence-corrected chi connectivity index (χ1v) is 9.47. The van der Waals surface area contributed by atoms with Gasteiger partial charge in [0.25, 0.3) is 5.91 Å². The van der Waals surface area contributed by atoms with E-state index in [2.05, 4.69) is 20.9 Å². The van der Waals surface area contributed by atoms with Crippen molar-refractivity contribution < 1.29 is 9.59 Å². The van der Waals surface area contributed by atoms with Crippen LogP contribution in [0.1, 0.15) is 32.9 Å². The quantitative estimate of drug-likeness (QED) is 0.662. The number of carbonyl (C=O) groups is 2. The molecule has 29 heavy (non-hydrogen) atoms. The van der Waals surface area contributed by atoms with Gasteiger partial charge in [-0.05, 0) is 62.6 Å². The summed E-state index contributed by atoms with van der Waals surface area (Å²) in [5.41, 5.74) is 4.99. The van der Waals surface area contributed by atoms with E-state index in [0.717, 1.165) is 22.4 Å². The molecule has 7 nitrogen and oxygen atoms in total. The van der Waals surface area contributed by atoms with E-state index in [1.165, 1.54) is 4.68 Å². The maximum absolute atomic E-state index is 12.6. The summed E-state index contributed by atoms with van der Waals surface area (Å²) in [6.07, 6.45) is 0. The largest absolute Gasteiger partial charge is 0.324 e. The van der Waals surface area contributed by atoms with Crippen LogP contribution in [0.4, 0.5) is 11.4 Å². The van der Waals surface area contributed by atoms with Gasteiger partial charge in [-0.25, -0.2) is 4.68 Å². The predicted molar refractivity (Wildman–Crippen MR) is 113 cm³/mol. The van der Waals surface area contributed by atoms with Gasteiger partial charge < -0.3 is 10.6 Å². The highest BCUT2D eigenvalue weighted by molar-refractivity contribution is 6.31. The minimum absolute atomic E-state index is 0.0684. The summed E-state index contributed by atoms with van der Waals surface area (Å²) in [6, 6.07) is 11.0. The lowest BCUT2D eigenvalue weighted by atomic mass is 10.1. The molecule has 2 amide bonds. The number of nitrogens with zero attached hydrogens (tertiary/aromatic N) is 3. The lowest BCUT2D eigenvalue weighted by Gasteiger charge is -2.10. The molecule has 2 N–H and O–H groups in total. The lowest BCUT2D eigenvalue weighted by molar-refractivity contribution is -0.117. The highest BCUT2D eigenvalue weighted by Gasteiger charge is 2.19. The first-order chi connectivity index (χ1) is 13.8. The second kappa shape index (κ2) is 8.45. The summed E-state index contributed by atoms with van der Waals surface area (Å²) in [4.78, 5) is 25.0. The van der Waals surface area contributed by atoms with Gasteiger partial charge in [0.15, 0.2) is 5.69 Å². The molecule has 0 spiro atoms. The van der Waals surface area contributed by atoms with Crippen LogP contribution >= 0.6 is 11.6 Å². The van der Waals surface area contributed by atoms with E-state index >= 15 is 0 Å². The second-order valence-corrected chi connectivity index (χ2v) is 7.30. The highest BCUT2D eigenvalue weighted by Crippen LogP contribution is 2.21. The van der Waals surface area contributed by atoms with Crippen molar-refractivity contribution >= 4 is 34.8 Å². The van der Waals surface area contributed by atoms with Crippen molar-refractivity contribution in [1.29, 1.82) is 0 Å². The Morgan fingerprint density at radius 3 is 2.52 bits per heavy atom. The summed E-state index contributed by atoms with van der Waals surface area (Å²) in [7, 11) is 0. The predicted octanol–water partition coefficient (Wildman–Crippen LogP) is 4.06. The molecule has 2 aromatic carbocycles. The van der Waals surface area contributed by atoms with Crippen LogP contribution in [-0.4, -0.2) is 26.8 Å². The number of hydrogen-bond donors (Lipinski definition) is 2. The van der Waals surface area contributed by atoms with Crippen LogP contribution in [0.5, 0.6) is 0 Å². The summed E-state index contributed by atoms with van der Waals surface area (Å²) >= 11 is 6.08. The van der Waals surface area contributed by atoms with Crippen molar-refractivity contribution in [3.8, 4) is 0 Å². The van der Waals surface area contributed by atoms with Crippen molar-refractivity contribution in [2.24, 2.45) is 0 Å². The lowest BCUT2D eigenvalue weighted by Crippen LogP contribution is -2.21. The Balaban J connectivity index is 1.69. The molecule has 150 valence electrons. The fourth-order valence-electron chi connectivity index (χ4n) is 2.80. The Bertz CT molecular complexity index is 1090. The molecule has 0 saturated carbocycles. The summed E-state index contributed by atoms with van der Waals surface area (Å²) in [6.45, 7) is 7.44. The third-order valence-electron chi connectivity index (χ3n) is 4.80.